The van der Waals surface area contributed by atoms with E-state index in [0.717, 1.165) is 11.1 Å². The van der Waals surface area contributed by atoms with Crippen molar-refractivity contribution in [2.75, 3.05) is 0 Å². The molecule has 4 heteroatoms. The minimum Gasteiger partial charge on any atom is -0.390 e. The summed E-state index contributed by atoms with van der Waals surface area (Å²) in [5.41, 5.74) is 1.33. The van der Waals surface area contributed by atoms with Crippen molar-refractivity contribution in [2.45, 2.75) is 20.1 Å². The lowest BCUT2D eigenvalue weighted by molar-refractivity contribution is 0.270. The standard InChI is InChI=1S/C10H11FN2O/c1-2-13-10(6-14)8-4-3-7(11)5-9(8)12-13/h3-5,14H,2,6H2,1H3. The van der Waals surface area contributed by atoms with Gasteiger partial charge in [-0.2, -0.15) is 5.10 Å². The second-order valence-corrected chi connectivity index (χ2v) is 3.08. The van der Waals surface area contributed by atoms with E-state index < -0.39 is 0 Å². The first kappa shape index (κ1) is 9.15. The molecule has 2 rings (SSSR count). The summed E-state index contributed by atoms with van der Waals surface area (Å²) >= 11 is 0. The molecule has 1 N–H and O–H groups in total. The van der Waals surface area contributed by atoms with Crippen LogP contribution in [0.5, 0.6) is 0 Å². The van der Waals surface area contributed by atoms with Crippen molar-refractivity contribution in [3.05, 3.63) is 29.7 Å². The van der Waals surface area contributed by atoms with Gasteiger partial charge in [-0.15, -0.1) is 0 Å². The Balaban J connectivity index is 2.73. The molecule has 0 saturated carbocycles. The molecule has 14 heavy (non-hydrogen) atoms. The molecule has 0 fully saturated rings. The fraction of sp³-hybridized carbons (Fsp3) is 0.300. The van der Waals surface area contributed by atoms with Gasteiger partial charge in [0.15, 0.2) is 0 Å². The van der Waals surface area contributed by atoms with E-state index in [-0.39, 0.29) is 12.4 Å². The molecule has 2 aromatic rings. The number of aromatic nitrogens is 2. The van der Waals surface area contributed by atoms with Crippen LogP contribution in [0.1, 0.15) is 12.6 Å². The summed E-state index contributed by atoms with van der Waals surface area (Å²) in [6.45, 7) is 2.53. The predicted molar refractivity (Wildman–Crippen MR) is 51.3 cm³/mol. The van der Waals surface area contributed by atoms with Crippen LogP contribution in [0.25, 0.3) is 10.9 Å². The maximum Gasteiger partial charge on any atom is 0.125 e. The molecular weight excluding hydrogens is 183 g/mol. The van der Waals surface area contributed by atoms with Gasteiger partial charge in [-0.05, 0) is 19.1 Å². The second kappa shape index (κ2) is 3.38. The highest BCUT2D eigenvalue weighted by atomic mass is 19.1. The Bertz CT molecular complexity index is 464. The van der Waals surface area contributed by atoms with Gasteiger partial charge in [-0.25, -0.2) is 4.39 Å². The minimum atomic E-state index is -0.303. The zero-order valence-electron chi connectivity index (χ0n) is 7.87. The molecule has 0 aliphatic heterocycles. The molecular formula is C10H11FN2O. The van der Waals surface area contributed by atoms with E-state index in [1.165, 1.54) is 12.1 Å². The molecule has 0 aliphatic carbocycles. The van der Waals surface area contributed by atoms with Crippen molar-refractivity contribution in [1.82, 2.24) is 9.78 Å². The third-order valence-corrected chi connectivity index (χ3v) is 2.26. The van der Waals surface area contributed by atoms with Crippen LogP contribution in [0.2, 0.25) is 0 Å². The Kier molecular flexibility index (Phi) is 2.21. The van der Waals surface area contributed by atoms with E-state index in [1.54, 1.807) is 10.7 Å². The zero-order chi connectivity index (χ0) is 10.1. The number of rotatable bonds is 2. The SMILES string of the molecule is CCn1nc2cc(F)ccc2c1CO. The number of benzene rings is 1. The molecule has 3 nitrogen and oxygen atoms in total. The van der Waals surface area contributed by atoms with Gasteiger partial charge in [-0.3, -0.25) is 4.68 Å². The van der Waals surface area contributed by atoms with Gasteiger partial charge in [0, 0.05) is 18.0 Å². The number of hydrogen-bond donors (Lipinski definition) is 1. The summed E-state index contributed by atoms with van der Waals surface area (Å²) in [5.74, 6) is -0.303. The molecule has 0 amide bonds. The van der Waals surface area contributed by atoms with Crippen LogP contribution in [-0.2, 0) is 13.2 Å². The molecule has 74 valence electrons. The molecule has 0 radical (unpaired) electrons. The summed E-state index contributed by atoms with van der Waals surface area (Å²) in [4.78, 5) is 0. The molecule has 0 bridgehead atoms. The number of fused-ring (bicyclic) bond motifs is 1. The first-order chi connectivity index (χ1) is 6.76. The lowest BCUT2D eigenvalue weighted by Gasteiger charge is -1.99. The molecule has 1 heterocycles. The first-order valence-corrected chi connectivity index (χ1v) is 4.52. The average molecular weight is 194 g/mol. The minimum absolute atomic E-state index is 0.0734. The van der Waals surface area contributed by atoms with E-state index in [4.69, 9.17) is 5.11 Å². The van der Waals surface area contributed by atoms with Gasteiger partial charge < -0.3 is 5.11 Å². The number of hydrogen-bond acceptors (Lipinski definition) is 2. The Morgan fingerprint density at radius 2 is 2.29 bits per heavy atom. The van der Waals surface area contributed by atoms with E-state index in [2.05, 4.69) is 5.10 Å². The van der Waals surface area contributed by atoms with Crippen LogP contribution in [0, 0.1) is 5.82 Å². The predicted octanol–water partition coefficient (Wildman–Crippen LogP) is 1.69. The van der Waals surface area contributed by atoms with Gasteiger partial charge in [0.25, 0.3) is 0 Å². The summed E-state index contributed by atoms with van der Waals surface area (Å²) in [6, 6.07) is 4.40. The number of aryl methyl sites for hydroxylation is 1. The van der Waals surface area contributed by atoms with Crippen LogP contribution >= 0.6 is 0 Å². The smallest absolute Gasteiger partial charge is 0.125 e. The fourth-order valence-corrected chi connectivity index (χ4v) is 1.59. The highest BCUT2D eigenvalue weighted by Crippen LogP contribution is 2.19. The Morgan fingerprint density at radius 1 is 1.50 bits per heavy atom. The topological polar surface area (TPSA) is 38.0 Å². The molecule has 0 unspecified atom stereocenters. The van der Waals surface area contributed by atoms with Crippen molar-refractivity contribution in [3.8, 4) is 0 Å². The van der Waals surface area contributed by atoms with Crippen molar-refractivity contribution in [1.29, 1.82) is 0 Å². The molecule has 0 spiro atoms. The zero-order valence-corrected chi connectivity index (χ0v) is 7.87. The van der Waals surface area contributed by atoms with Crippen LogP contribution < -0.4 is 0 Å². The summed E-state index contributed by atoms with van der Waals surface area (Å²) < 4.78 is 14.6. The number of aliphatic hydroxyl groups excluding tert-OH is 1. The second-order valence-electron chi connectivity index (χ2n) is 3.08. The average Bonchev–Trinajstić information content (AvgIpc) is 2.54. The van der Waals surface area contributed by atoms with E-state index in [0.29, 0.717) is 12.1 Å². The molecule has 0 aliphatic rings. The fourth-order valence-electron chi connectivity index (χ4n) is 1.59. The number of halogens is 1. The lowest BCUT2D eigenvalue weighted by atomic mass is 10.2. The van der Waals surface area contributed by atoms with Crippen molar-refractivity contribution >= 4 is 10.9 Å². The highest BCUT2D eigenvalue weighted by Gasteiger charge is 2.09. The Labute approximate surface area is 80.8 Å². The van der Waals surface area contributed by atoms with E-state index in [1.807, 2.05) is 6.92 Å². The third kappa shape index (κ3) is 1.28. The van der Waals surface area contributed by atoms with Gasteiger partial charge in [0.1, 0.15) is 5.82 Å². The third-order valence-electron chi connectivity index (χ3n) is 2.26. The summed E-state index contributed by atoms with van der Waals surface area (Å²) in [7, 11) is 0. The number of aliphatic hydroxyl groups is 1. The monoisotopic (exact) mass is 194 g/mol. The highest BCUT2D eigenvalue weighted by molar-refractivity contribution is 5.81. The van der Waals surface area contributed by atoms with Crippen molar-refractivity contribution in [3.63, 3.8) is 0 Å². The summed E-state index contributed by atoms with van der Waals surface area (Å²) in [6.07, 6.45) is 0. The molecule has 1 aromatic heterocycles. The first-order valence-electron chi connectivity index (χ1n) is 4.52. The Morgan fingerprint density at radius 3 is 2.93 bits per heavy atom. The lowest BCUT2D eigenvalue weighted by Crippen LogP contribution is -2.01. The van der Waals surface area contributed by atoms with Gasteiger partial charge >= 0.3 is 0 Å². The van der Waals surface area contributed by atoms with E-state index >= 15 is 0 Å². The maximum atomic E-state index is 12.9. The molecule has 0 saturated heterocycles. The largest absolute Gasteiger partial charge is 0.390 e. The summed E-state index contributed by atoms with van der Waals surface area (Å²) in [5, 5.41) is 14.1. The van der Waals surface area contributed by atoms with Crippen LogP contribution in [-0.4, -0.2) is 14.9 Å². The van der Waals surface area contributed by atoms with Crippen LogP contribution in [0.3, 0.4) is 0 Å². The molecule has 0 atom stereocenters. The van der Waals surface area contributed by atoms with Gasteiger partial charge in [0.05, 0.1) is 17.8 Å². The van der Waals surface area contributed by atoms with Crippen LogP contribution in [0.15, 0.2) is 18.2 Å². The van der Waals surface area contributed by atoms with Crippen molar-refractivity contribution < 1.29 is 9.50 Å². The Hall–Kier alpha value is -1.42. The van der Waals surface area contributed by atoms with Crippen LogP contribution in [0.4, 0.5) is 4.39 Å². The van der Waals surface area contributed by atoms with Crippen molar-refractivity contribution in [2.24, 2.45) is 0 Å². The quantitative estimate of drug-likeness (QED) is 0.790. The molecule has 1 aromatic carbocycles. The van der Waals surface area contributed by atoms with Gasteiger partial charge in [0.2, 0.25) is 0 Å². The maximum absolute atomic E-state index is 12.9. The normalized spacial score (nSPS) is 11.1. The van der Waals surface area contributed by atoms with E-state index in [9.17, 15) is 4.39 Å². The number of nitrogens with zero attached hydrogens (tertiary/aromatic N) is 2. The van der Waals surface area contributed by atoms with Gasteiger partial charge in [-0.1, -0.05) is 0 Å².